The largest absolute Gasteiger partial charge is 0.507 e. The number of hydrogen-bond donors (Lipinski definition) is 1. The molecule has 0 radical (unpaired) electrons. The predicted molar refractivity (Wildman–Crippen MR) is 96.4 cm³/mol. The second-order valence-corrected chi connectivity index (χ2v) is 5.63. The molecule has 0 bridgehead atoms. The molecule has 2 aromatic rings. The number of benzene rings is 2. The fraction of sp³-hybridized carbons (Fsp3) is 0.0588. The summed E-state index contributed by atoms with van der Waals surface area (Å²) in [6.07, 6.45) is 1.31. The second-order valence-electron chi connectivity index (χ2n) is 5.63. The molecular formula is C17H12N4O6. The molecule has 10 heteroatoms. The molecule has 2 aromatic carbocycles. The Kier molecular flexibility index (Phi) is 4.38. The van der Waals surface area contributed by atoms with Crippen LogP contribution < -0.4 is 5.01 Å². The third kappa shape index (κ3) is 3.35. The summed E-state index contributed by atoms with van der Waals surface area (Å²) in [4.78, 5) is 33.1. The van der Waals surface area contributed by atoms with Crippen molar-refractivity contribution in [1.29, 1.82) is 0 Å². The van der Waals surface area contributed by atoms with Crippen molar-refractivity contribution < 1.29 is 19.7 Å². The minimum Gasteiger partial charge on any atom is -0.507 e. The topological polar surface area (TPSA) is 139 Å². The molecule has 0 atom stereocenters. The highest BCUT2D eigenvalue weighted by molar-refractivity contribution is 6.32. The van der Waals surface area contributed by atoms with Crippen LogP contribution in [0, 0.1) is 20.2 Å². The molecule has 0 saturated carbocycles. The molecule has 0 saturated heterocycles. The van der Waals surface area contributed by atoms with E-state index >= 15 is 0 Å². The van der Waals surface area contributed by atoms with Crippen LogP contribution in [-0.2, 0) is 4.79 Å². The number of amides is 1. The van der Waals surface area contributed by atoms with Crippen LogP contribution in [0.3, 0.4) is 0 Å². The summed E-state index contributed by atoms with van der Waals surface area (Å²) in [5, 5.41) is 36.7. The number of nitrogens with zero attached hydrogens (tertiary/aromatic N) is 4. The number of carbonyl (C=O) groups excluding carboxylic acids is 1. The Morgan fingerprint density at radius 1 is 1.04 bits per heavy atom. The van der Waals surface area contributed by atoms with Crippen molar-refractivity contribution in [1.82, 2.24) is 0 Å². The summed E-state index contributed by atoms with van der Waals surface area (Å²) >= 11 is 0. The Labute approximate surface area is 152 Å². The Bertz CT molecular complexity index is 1030. The first kappa shape index (κ1) is 17.7. The molecular weight excluding hydrogens is 356 g/mol. The monoisotopic (exact) mass is 368 g/mol. The third-order valence-electron chi connectivity index (χ3n) is 3.89. The normalized spacial score (nSPS) is 15.1. The summed E-state index contributed by atoms with van der Waals surface area (Å²) in [5.74, 6) is -0.741. The van der Waals surface area contributed by atoms with E-state index in [1.807, 2.05) is 0 Å². The van der Waals surface area contributed by atoms with Crippen LogP contribution in [0.15, 0.2) is 53.1 Å². The molecule has 136 valence electrons. The molecule has 3 rings (SSSR count). The number of hydrogen-bond acceptors (Lipinski definition) is 7. The maximum absolute atomic E-state index is 12.7. The molecule has 10 nitrogen and oxygen atoms in total. The number of anilines is 1. The van der Waals surface area contributed by atoms with Gasteiger partial charge in [0.05, 0.1) is 26.8 Å². The zero-order valence-corrected chi connectivity index (χ0v) is 13.9. The van der Waals surface area contributed by atoms with Gasteiger partial charge < -0.3 is 5.11 Å². The highest BCUT2D eigenvalue weighted by Crippen LogP contribution is 2.30. The number of phenols is 1. The van der Waals surface area contributed by atoms with E-state index in [1.54, 1.807) is 6.92 Å². The average Bonchev–Trinajstić information content (AvgIpc) is 2.91. The van der Waals surface area contributed by atoms with Crippen molar-refractivity contribution in [2.45, 2.75) is 6.92 Å². The SMILES string of the molecule is CC1=NN(c2ccc([N+](=O)[O-])cc2)C(=O)/C1=C/c1cc([N+](=O)[O-])ccc1O. The lowest BCUT2D eigenvalue weighted by Crippen LogP contribution is -2.21. The van der Waals surface area contributed by atoms with Crippen LogP contribution >= 0.6 is 0 Å². The van der Waals surface area contributed by atoms with Gasteiger partial charge in [-0.2, -0.15) is 10.1 Å². The molecule has 0 aromatic heterocycles. The van der Waals surface area contributed by atoms with Gasteiger partial charge in [-0.15, -0.1) is 0 Å². The van der Waals surface area contributed by atoms with Gasteiger partial charge in [-0.05, 0) is 31.2 Å². The van der Waals surface area contributed by atoms with Gasteiger partial charge >= 0.3 is 0 Å². The van der Waals surface area contributed by atoms with Crippen molar-refractivity contribution in [2.24, 2.45) is 5.10 Å². The maximum Gasteiger partial charge on any atom is 0.280 e. The molecule has 0 aliphatic carbocycles. The number of non-ortho nitro benzene ring substituents is 2. The molecule has 0 fully saturated rings. The van der Waals surface area contributed by atoms with Crippen molar-refractivity contribution in [3.63, 3.8) is 0 Å². The summed E-state index contributed by atoms with van der Waals surface area (Å²) in [6, 6.07) is 8.75. The van der Waals surface area contributed by atoms with Gasteiger partial charge in [-0.1, -0.05) is 0 Å². The minimum atomic E-state index is -0.609. The van der Waals surface area contributed by atoms with E-state index in [2.05, 4.69) is 5.10 Å². The second kappa shape index (κ2) is 6.67. The van der Waals surface area contributed by atoms with Crippen molar-refractivity contribution in [2.75, 3.05) is 5.01 Å². The zero-order valence-electron chi connectivity index (χ0n) is 13.9. The lowest BCUT2D eigenvalue weighted by molar-refractivity contribution is -0.385. The van der Waals surface area contributed by atoms with Gasteiger partial charge in [0.1, 0.15) is 5.75 Å². The standard InChI is InChI=1S/C17H12N4O6/c1-10-15(9-11-8-14(21(26)27)6-7-16(11)22)17(23)19(18-10)12-2-4-13(5-3-12)20(24)25/h2-9,22H,1H3/b15-9+. The third-order valence-corrected chi connectivity index (χ3v) is 3.89. The van der Waals surface area contributed by atoms with Crippen LogP contribution in [0.1, 0.15) is 12.5 Å². The summed E-state index contributed by atoms with van der Waals surface area (Å²) in [5.41, 5.74) is 0.563. The molecule has 0 unspecified atom stereocenters. The van der Waals surface area contributed by atoms with E-state index in [0.717, 1.165) is 17.1 Å². The highest BCUT2D eigenvalue weighted by Gasteiger charge is 2.29. The first-order valence-corrected chi connectivity index (χ1v) is 7.61. The fourth-order valence-electron chi connectivity index (χ4n) is 2.50. The van der Waals surface area contributed by atoms with Gasteiger partial charge in [0, 0.05) is 29.8 Å². The number of rotatable bonds is 4. The fourth-order valence-corrected chi connectivity index (χ4v) is 2.50. The summed E-state index contributed by atoms with van der Waals surface area (Å²) in [6.45, 7) is 1.57. The first-order valence-electron chi connectivity index (χ1n) is 7.61. The lowest BCUT2D eigenvalue weighted by atomic mass is 10.1. The van der Waals surface area contributed by atoms with Crippen molar-refractivity contribution in [3.8, 4) is 5.75 Å². The van der Waals surface area contributed by atoms with E-state index < -0.39 is 15.8 Å². The molecule has 1 amide bonds. The van der Waals surface area contributed by atoms with E-state index in [1.165, 1.54) is 36.4 Å². The summed E-state index contributed by atoms with van der Waals surface area (Å²) in [7, 11) is 0. The number of nitro benzene ring substituents is 2. The summed E-state index contributed by atoms with van der Waals surface area (Å²) < 4.78 is 0. The molecule has 1 aliphatic heterocycles. The van der Waals surface area contributed by atoms with Gasteiger partial charge in [0.15, 0.2) is 0 Å². The van der Waals surface area contributed by atoms with E-state index in [9.17, 15) is 30.1 Å². The van der Waals surface area contributed by atoms with Crippen LogP contribution in [0.25, 0.3) is 6.08 Å². The molecule has 1 N–H and O–H groups in total. The Morgan fingerprint density at radius 2 is 1.63 bits per heavy atom. The molecule has 1 aliphatic rings. The minimum absolute atomic E-state index is 0.104. The number of aromatic hydroxyl groups is 1. The predicted octanol–water partition coefficient (Wildman–Crippen LogP) is 3.01. The maximum atomic E-state index is 12.7. The number of nitro groups is 2. The number of phenolic OH excluding ortho intramolecular Hbond substituents is 1. The first-order chi connectivity index (χ1) is 12.8. The number of hydrazone groups is 1. The van der Waals surface area contributed by atoms with E-state index in [-0.39, 0.29) is 28.3 Å². The van der Waals surface area contributed by atoms with Crippen molar-refractivity contribution in [3.05, 3.63) is 73.8 Å². The lowest BCUT2D eigenvalue weighted by Gasteiger charge is -2.11. The van der Waals surface area contributed by atoms with Crippen LogP contribution in [0.4, 0.5) is 17.1 Å². The van der Waals surface area contributed by atoms with Gasteiger partial charge in [0.25, 0.3) is 17.3 Å². The van der Waals surface area contributed by atoms with E-state index in [0.29, 0.717) is 11.4 Å². The quantitative estimate of drug-likeness (QED) is 0.500. The van der Waals surface area contributed by atoms with Crippen LogP contribution in [-0.4, -0.2) is 26.6 Å². The molecule has 1 heterocycles. The highest BCUT2D eigenvalue weighted by atomic mass is 16.6. The molecule has 27 heavy (non-hydrogen) atoms. The van der Waals surface area contributed by atoms with Gasteiger partial charge in [0.2, 0.25) is 0 Å². The van der Waals surface area contributed by atoms with Gasteiger partial charge in [-0.25, -0.2) is 0 Å². The number of carbonyl (C=O) groups is 1. The van der Waals surface area contributed by atoms with Crippen LogP contribution in [0.2, 0.25) is 0 Å². The van der Waals surface area contributed by atoms with Crippen LogP contribution in [0.5, 0.6) is 5.75 Å². The Morgan fingerprint density at radius 3 is 2.22 bits per heavy atom. The van der Waals surface area contributed by atoms with E-state index in [4.69, 9.17) is 0 Å². The molecule has 0 spiro atoms. The van der Waals surface area contributed by atoms with Crippen molar-refractivity contribution >= 4 is 34.8 Å². The average molecular weight is 368 g/mol. The Balaban J connectivity index is 1.96. The zero-order chi connectivity index (χ0) is 19.7. The smallest absolute Gasteiger partial charge is 0.280 e. The Hall–Kier alpha value is -4.08. The van der Waals surface area contributed by atoms with Gasteiger partial charge in [-0.3, -0.25) is 25.0 Å².